The summed E-state index contributed by atoms with van der Waals surface area (Å²) in [5.74, 6) is -1.92. The number of hydrogen-bond donors (Lipinski definition) is 1. The molecule has 1 aromatic carbocycles. The molecular weight excluding hydrogens is 325 g/mol. The fraction of sp³-hybridized carbons (Fsp3) is 0.500. The van der Waals surface area contributed by atoms with E-state index in [-0.39, 0.29) is 24.8 Å². The average Bonchev–Trinajstić information content (AvgIpc) is 2.58. The van der Waals surface area contributed by atoms with Gasteiger partial charge in [-0.15, -0.1) is 0 Å². The summed E-state index contributed by atoms with van der Waals surface area (Å²) in [5, 5.41) is 2.73. The lowest BCUT2D eigenvalue weighted by atomic mass is 9.84. The molecule has 136 valence electrons. The van der Waals surface area contributed by atoms with Crippen molar-refractivity contribution in [2.45, 2.75) is 26.2 Å². The molecule has 1 fully saturated rings. The fourth-order valence-electron chi connectivity index (χ4n) is 2.82. The Balaban J connectivity index is 1.92. The molecule has 1 aliphatic heterocycles. The van der Waals surface area contributed by atoms with Crippen molar-refractivity contribution in [3.05, 3.63) is 35.6 Å². The Labute approximate surface area is 147 Å². The van der Waals surface area contributed by atoms with Crippen LogP contribution >= 0.6 is 0 Å². The zero-order chi connectivity index (χ0) is 18.6. The molecule has 0 spiro atoms. The van der Waals surface area contributed by atoms with Crippen molar-refractivity contribution in [1.29, 1.82) is 0 Å². The molecule has 3 amide bonds. The van der Waals surface area contributed by atoms with E-state index in [9.17, 15) is 18.8 Å². The summed E-state index contributed by atoms with van der Waals surface area (Å²) in [6.07, 6.45) is 0. The number of halogens is 1. The first-order valence-electron chi connectivity index (χ1n) is 8.36. The van der Waals surface area contributed by atoms with Gasteiger partial charge in [-0.1, -0.05) is 32.0 Å². The van der Waals surface area contributed by atoms with Crippen LogP contribution in [0.2, 0.25) is 0 Å². The molecule has 0 aromatic heterocycles. The number of piperazine rings is 1. The van der Waals surface area contributed by atoms with Crippen LogP contribution in [-0.4, -0.2) is 60.2 Å². The van der Waals surface area contributed by atoms with E-state index in [1.165, 1.54) is 15.9 Å². The van der Waals surface area contributed by atoms with Crippen molar-refractivity contribution >= 4 is 17.7 Å². The van der Waals surface area contributed by atoms with Gasteiger partial charge in [0.25, 0.3) is 0 Å². The van der Waals surface area contributed by atoms with Gasteiger partial charge in [0.2, 0.25) is 5.91 Å². The van der Waals surface area contributed by atoms with Crippen LogP contribution in [0, 0.1) is 5.82 Å². The topological polar surface area (TPSA) is 69.7 Å². The van der Waals surface area contributed by atoms with Crippen LogP contribution in [-0.2, 0) is 19.8 Å². The molecule has 1 N–H and O–H groups in total. The molecule has 6 nitrogen and oxygen atoms in total. The van der Waals surface area contributed by atoms with E-state index in [1.54, 1.807) is 25.1 Å². The highest BCUT2D eigenvalue weighted by Gasteiger charge is 2.33. The van der Waals surface area contributed by atoms with Gasteiger partial charge in [-0.05, 0) is 18.6 Å². The molecule has 0 atom stereocenters. The number of likely N-dealkylation sites (N-methyl/N-ethyl adjacent to an activating group) is 1. The molecule has 1 saturated heterocycles. The van der Waals surface area contributed by atoms with Gasteiger partial charge in [0.05, 0.1) is 0 Å². The second kappa shape index (κ2) is 7.63. The van der Waals surface area contributed by atoms with Crippen molar-refractivity contribution < 1.29 is 18.8 Å². The summed E-state index contributed by atoms with van der Waals surface area (Å²) in [4.78, 5) is 38.7. The Morgan fingerprint density at radius 3 is 2.40 bits per heavy atom. The van der Waals surface area contributed by atoms with E-state index in [0.717, 1.165) is 0 Å². The van der Waals surface area contributed by atoms with Gasteiger partial charge in [-0.2, -0.15) is 0 Å². The van der Waals surface area contributed by atoms with Crippen LogP contribution in [0.15, 0.2) is 24.3 Å². The average molecular weight is 349 g/mol. The maximum absolute atomic E-state index is 13.9. The fourth-order valence-corrected chi connectivity index (χ4v) is 2.82. The number of nitrogens with zero attached hydrogens (tertiary/aromatic N) is 2. The largest absolute Gasteiger partial charge is 0.354 e. The maximum Gasteiger partial charge on any atom is 0.312 e. The molecule has 1 aliphatic rings. The standard InChI is InChI=1S/C18H24FN3O3/c1-4-21-9-10-22(17(25)16(21)24)11-15(23)20-12-18(2,3)13-7-5-6-8-14(13)19/h5-8H,4,9-12H2,1-3H3,(H,20,23). The van der Waals surface area contributed by atoms with Gasteiger partial charge >= 0.3 is 11.8 Å². The lowest BCUT2D eigenvalue weighted by Gasteiger charge is -2.33. The third kappa shape index (κ3) is 4.35. The third-order valence-electron chi connectivity index (χ3n) is 4.44. The van der Waals surface area contributed by atoms with Gasteiger partial charge in [-0.3, -0.25) is 14.4 Å². The number of carbonyl (C=O) groups is 3. The minimum Gasteiger partial charge on any atom is -0.354 e. The van der Waals surface area contributed by atoms with Crippen LogP contribution in [0.3, 0.4) is 0 Å². The first-order chi connectivity index (χ1) is 11.8. The molecule has 0 bridgehead atoms. The SMILES string of the molecule is CCN1CCN(CC(=O)NCC(C)(C)c2ccccc2F)C(=O)C1=O. The van der Waals surface area contributed by atoms with Gasteiger partial charge in [-0.25, -0.2) is 4.39 Å². The van der Waals surface area contributed by atoms with E-state index >= 15 is 0 Å². The number of nitrogens with one attached hydrogen (secondary N) is 1. The molecule has 25 heavy (non-hydrogen) atoms. The molecule has 0 radical (unpaired) electrons. The van der Waals surface area contributed by atoms with Crippen LogP contribution in [0.5, 0.6) is 0 Å². The monoisotopic (exact) mass is 349 g/mol. The van der Waals surface area contributed by atoms with Crippen LogP contribution in [0.25, 0.3) is 0 Å². The molecule has 1 heterocycles. The van der Waals surface area contributed by atoms with Gasteiger partial charge in [0.1, 0.15) is 12.4 Å². The summed E-state index contributed by atoms with van der Waals surface area (Å²) < 4.78 is 13.9. The molecule has 1 aromatic rings. The molecule has 2 rings (SSSR count). The summed E-state index contributed by atoms with van der Waals surface area (Å²) in [5.41, 5.74) is -0.0834. The minimum atomic E-state index is -0.656. The van der Waals surface area contributed by atoms with E-state index < -0.39 is 17.2 Å². The smallest absolute Gasteiger partial charge is 0.312 e. The van der Waals surface area contributed by atoms with Crippen molar-refractivity contribution in [2.24, 2.45) is 0 Å². The van der Waals surface area contributed by atoms with Crippen LogP contribution in [0.4, 0.5) is 4.39 Å². The quantitative estimate of drug-likeness (QED) is 0.776. The number of benzene rings is 1. The Hall–Kier alpha value is -2.44. The number of hydrogen-bond acceptors (Lipinski definition) is 3. The lowest BCUT2D eigenvalue weighted by Crippen LogP contribution is -2.56. The van der Waals surface area contributed by atoms with Gasteiger partial charge in [0, 0.05) is 31.6 Å². The summed E-state index contributed by atoms with van der Waals surface area (Å²) in [7, 11) is 0. The van der Waals surface area contributed by atoms with Gasteiger partial charge < -0.3 is 15.1 Å². The Morgan fingerprint density at radius 2 is 1.76 bits per heavy atom. The molecule has 7 heteroatoms. The molecule has 0 unspecified atom stereocenters. The Kier molecular flexibility index (Phi) is 5.77. The second-order valence-corrected chi connectivity index (χ2v) is 6.75. The molecular formula is C18H24FN3O3. The second-order valence-electron chi connectivity index (χ2n) is 6.75. The summed E-state index contributed by atoms with van der Waals surface area (Å²) in [6.45, 7) is 6.76. The van der Waals surface area contributed by atoms with Crippen LogP contribution < -0.4 is 5.32 Å². The summed E-state index contributed by atoms with van der Waals surface area (Å²) >= 11 is 0. The highest BCUT2D eigenvalue weighted by Crippen LogP contribution is 2.24. The van der Waals surface area contributed by atoms with E-state index in [0.29, 0.717) is 25.2 Å². The Bertz CT molecular complexity index is 675. The normalized spacial score (nSPS) is 15.5. The predicted molar refractivity (Wildman–Crippen MR) is 91.3 cm³/mol. The van der Waals surface area contributed by atoms with Crippen molar-refractivity contribution in [1.82, 2.24) is 15.1 Å². The maximum atomic E-state index is 13.9. The van der Waals surface area contributed by atoms with E-state index in [2.05, 4.69) is 5.32 Å². The number of rotatable bonds is 6. The van der Waals surface area contributed by atoms with Gasteiger partial charge in [0.15, 0.2) is 0 Å². The highest BCUT2D eigenvalue weighted by atomic mass is 19.1. The van der Waals surface area contributed by atoms with Crippen LogP contribution in [0.1, 0.15) is 26.3 Å². The first kappa shape index (κ1) is 18.9. The van der Waals surface area contributed by atoms with Crippen molar-refractivity contribution in [3.63, 3.8) is 0 Å². The Morgan fingerprint density at radius 1 is 1.16 bits per heavy atom. The third-order valence-corrected chi connectivity index (χ3v) is 4.44. The van der Waals surface area contributed by atoms with Crippen molar-refractivity contribution in [3.8, 4) is 0 Å². The number of carbonyl (C=O) groups excluding carboxylic acids is 3. The zero-order valence-corrected chi connectivity index (χ0v) is 14.8. The summed E-state index contributed by atoms with van der Waals surface area (Å²) in [6, 6.07) is 6.44. The minimum absolute atomic E-state index is 0.171. The lowest BCUT2D eigenvalue weighted by molar-refractivity contribution is -0.156. The van der Waals surface area contributed by atoms with Crippen molar-refractivity contribution in [2.75, 3.05) is 32.7 Å². The molecule has 0 saturated carbocycles. The zero-order valence-electron chi connectivity index (χ0n) is 14.8. The predicted octanol–water partition coefficient (Wildman–Crippen LogP) is 0.910. The molecule has 0 aliphatic carbocycles. The van der Waals surface area contributed by atoms with E-state index in [4.69, 9.17) is 0 Å². The van der Waals surface area contributed by atoms with E-state index in [1.807, 2.05) is 13.8 Å². The number of amides is 3. The first-order valence-corrected chi connectivity index (χ1v) is 8.36. The highest BCUT2D eigenvalue weighted by molar-refractivity contribution is 6.35.